The zero-order chi connectivity index (χ0) is 23.0. The van der Waals surface area contributed by atoms with E-state index in [4.69, 9.17) is 14.7 Å². The highest BCUT2D eigenvalue weighted by Gasteiger charge is 2.22. The van der Waals surface area contributed by atoms with Crippen LogP contribution in [0.15, 0.2) is 54.6 Å². The number of aromatic nitrogens is 2. The van der Waals surface area contributed by atoms with Gasteiger partial charge in [0.25, 0.3) is 5.91 Å². The summed E-state index contributed by atoms with van der Waals surface area (Å²) in [6.45, 7) is 0.0740. The number of nitrogens with zero attached hydrogens (tertiary/aromatic N) is 3. The predicted molar refractivity (Wildman–Crippen MR) is 133 cm³/mol. The molecule has 0 spiro atoms. The van der Waals surface area contributed by atoms with Crippen LogP contribution >= 0.6 is 0 Å². The van der Waals surface area contributed by atoms with Gasteiger partial charge >= 0.3 is 0 Å². The summed E-state index contributed by atoms with van der Waals surface area (Å²) in [5.41, 5.74) is 1.01. The van der Waals surface area contributed by atoms with Crippen LogP contribution in [0.1, 0.15) is 44.3 Å². The fourth-order valence-corrected chi connectivity index (χ4v) is 4.64. The molecule has 3 aromatic rings. The number of anilines is 1. The van der Waals surface area contributed by atoms with E-state index in [-0.39, 0.29) is 18.6 Å². The number of carbonyl (C=O) groups is 1. The van der Waals surface area contributed by atoms with Crippen molar-refractivity contribution in [3.05, 3.63) is 60.4 Å². The minimum atomic E-state index is -0.0348. The predicted octanol–water partition coefficient (Wildman–Crippen LogP) is 4.77. The van der Waals surface area contributed by atoms with Crippen LogP contribution in [-0.2, 0) is 11.2 Å². The lowest BCUT2D eigenvalue weighted by molar-refractivity contribution is -0.124. The fourth-order valence-electron chi connectivity index (χ4n) is 4.64. The Bertz CT molecular complexity index is 1050. The molecule has 0 saturated heterocycles. The number of amides is 1. The number of fused-ring (bicyclic) bond motifs is 1. The van der Waals surface area contributed by atoms with Crippen molar-refractivity contribution in [2.45, 2.75) is 51.0 Å². The Hall–Kier alpha value is -3.15. The summed E-state index contributed by atoms with van der Waals surface area (Å²) >= 11 is 0. The van der Waals surface area contributed by atoms with Gasteiger partial charge in [-0.25, -0.2) is 9.97 Å². The van der Waals surface area contributed by atoms with E-state index in [0.717, 1.165) is 66.8 Å². The van der Waals surface area contributed by atoms with Gasteiger partial charge in [-0.15, -0.1) is 0 Å². The Kier molecular flexibility index (Phi) is 7.76. The Morgan fingerprint density at radius 2 is 1.73 bits per heavy atom. The number of benzene rings is 2. The maximum absolute atomic E-state index is 12.2. The van der Waals surface area contributed by atoms with Crippen molar-refractivity contribution in [1.82, 2.24) is 15.3 Å². The summed E-state index contributed by atoms with van der Waals surface area (Å²) in [4.78, 5) is 23.9. The third kappa shape index (κ3) is 6.44. The molecule has 6 heteroatoms. The van der Waals surface area contributed by atoms with Crippen molar-refractivity contribution in [3.63, 3.8) is 0 Å². The smallest absolute Gasteiger partial charge is 0.258 e. The van der Waals surface area contributed by atoms with E-state index in [9.17, 15) is 4.79 Å². The average Bonchev–Trinajstić information content (AvgIpc) is 2.84. The van der Waals surface area contributed by atoms with Crippen molar-refractivity contribution >= 4 is 22.6 Å². The van der Waals surface area contributed by atoms with Crippen LogP contribution < -0.4 is 15.0 Å². The van der Waals surface area contributed by atoms with Gasteiger partial charge < -0.3 is 15.0 Å². The number of hydrogen-bond acceptors (Lipinski definition) is 5. The van der Waals surface area contributed by atoms with E-state index in [1.807, 2.05) is 56.6 Å². The van der Waals surface area contributed by atoms with E-state index in [0.29, 0.717) is 5.92 Å². The number of para-hydroxylation sites is 2. The Balaban J connectivity index is 1.19. The number of rotatable bonds is 9. The van der Waals surface area contributed by atoms with Gasteiger partial charge in [0.2, 0.25) is 0 Å². The van der Waals surface area contributed by atoms with Crippen molar-refractivity contribution in [2.24, 2.45) is 5.92 Å². The second kappa shape index (κ2) is 11.1. The molecule has 1 heterocycles. The summed E-state index contributed by atoms with van der Waals surface area (Å²) < 4.78 is 5.55. The highest BCUT2D eigenvalue weighted by atomic mass is 16.5. The zero-order valence-corrected chi connectivity index (χ0v) is 19.7. The first-order valence-electron chi connectivity index (χ1n) is 12.0. The average molecular weight is 447 g/mol. The molecular weight excluding hydrogens is 412 g/mol. The van der Waals surface area contributed by atoms with Crippen LogP contribution in [0.25, 0.3) is 10.9 Å². The molecule has 4 rings (SSSR count). The summed E-state index contributed by atoms with van der Waals surface area (Å²) in [5.74, 6) is 3.32. The molecule has 0 radical (unpaired) electrons. The topological polar surface area (TPSA) is 67.4 Å². The highest BCUT2D eigenvalue weighted by Crippen LogP contribution is 2.29. The van der Waals surface area contributed by atoms with E-state index in [1.54, 1.807) is 0 Å². The number of ether oxygens (including phenoxy) is 1. The lowest BCUT2D eigenvalue weighted by Crippen LogP contribution is -2.40. The Morgan fingerprint density at radius 3 is 2.48 bits per heavy atom. The third-order valence-electron chi connectivity index (χ3n) is 6.39. The minimum Gasteiger partial charge on any atom is -0.484 e. The second-order valence-electron chi connectivity index (χ2n) is 9.15. The van der Waals surface area contributed by atoms with E-state index in [2.05, 4.69) is 22.3 Å². The zero-order valence-electron chi connectivity index (χ0n) is 19.7. The number of aryl methyl sites for hydroxylation is 1. The number of nitrogens with one attached hydrogen (secondary N) is 1. The maximum Gasteiger partial charge on any atom is 0.258 e. The standard InChI is InChI=1S/C27H34N4O2/c1-31(2)27-23-12-6-7-13-24(23)29-25(30-27)14-8-9-20-15-17-21(18-16-20)28-26(32)19-33-22-10-4-3-5-11-22/h3-7,10-13,20-21H,8-9,14-19H2,1-2H3,(H,28,32). The largest absolute Gasteiger partial charge is 0.484 e. The molecule has 0 unspecified atom stereocenters. The molecular formula is C27H34N4O2. The molecule has 1 aliphatic rings. The molecule has 6 nitrogen and oxygen atoms in total. The van der Waals surface area contributed by atoms with Gasteiger partial charge in [-0.05, 0) is 62.3 Å². The molecule has 1 aliphatic carbocycles. The lowest BCUT2D eigenvalue weighted by Gasteiger charge is -2.29. The summed E-state index contributed by atoms with van der Waals surface area (Å²) in [6, 6.07) is 17.9. The van der Waals surface area contributed by atoms with Gasteiger partial charge in [-0.1, -0.05) is 36.8 Å². The molecule has 1 saturated carbocycles. The monoisotopic (exact) mass is 446 g/mol. The molecule has 1 aromatic heterocycles. The molecule has 1 fully saturated rings. The Morgan fingerprint density at radius 1 is 1.00 bits per heavy atom. The van der Waals surface area contributed by atoms with Gasteiger partial charge in [0.05, 0.1) is 5.52 Å². The molecule has 0 bridgehead atoms. The Labute approximate surface area is 196 Å². The van der Waals surface area contributed by atoms with Gasteiger partial charge in [-0.2, -0.15) is 0 Å². The maximum atomic E-state index is 12.2. The van der Waals surface area contributed by atoms with Crippen molar-refractivity contribution in [1.29, 1.82) is 0 Å². The van der Waals surface area contributed by atoms with E-state index >= 15 is 0 Å². The van der Waals surface area contributed by atoms with Crippen LogP contribution in [-0.4, -0.2) is 42.6 Å². The van der Waals surface area contributed by atoms with Gasteiger partial charge in [0, 0.05) is 31.9 Å². The lowest BCUT2D eigenvalue weighted by atomic mass is 9.83. The molecule has 0 aliphatic heterocycles. The van der Waals surface area contributed by atoms with Gasteiger partial charge in [0.1, 0.15) is 17.4 Å². The van der Waals surface area contributed by atoms with Crippen LogP contribution in [0.5, 0.6) is 5.75 Å². The van der Waals surface area contributed by atoms with E-state index in [1.165, 1.54) is 6.42 Å². The first-order chi connectivity index (χ1) is 16.1. The van der Waals surface area contributed by atoms with Gasteiger partial charge in [-0.3, -0.25) is 4.79 Å². The summed E-state index contributed by atoms with van der Waals surface area (Å²) in [7, 11) is 4.06. The normalized spacial score (nSPS) is 18.1. The summed E-state index contributed by atoms with van der Waals surface area (Å²) in [5, 5.41) is 4.23. The molecule has 2 aromatic carbocycles. The van der Waals surface area contributed by atoms with Crippen LogP contribution in [0.2, 0.25) is 0 Å². The molecule has 1 amide bonds. The highest BCUT2D eigenvalue weighted by molar-refractivity contribution is 5.89. The van der Waals surface area contributed by atoms with Crippen LogP contribution in [0, 0.1) is 5.92 Å². The second-order valence-corrected chi connectivity index (χ2v) is 9.15. The fraction of sp³-hybridized carbons (Fsp3) is 0.444. The van der Waals surface area contributed by atoms with Crippen LogP contribution in [0.4, 0.5) is 5.82 Å². The number of hydrogen-bond donors (Lipinski definition) is 1. The first kappa shape index (κ1) is 23.0. The molecule has 174 valence electrons. The summed E-state index contributed by atoms with van der Waals surface area (Å²) in [6.07, 6.45) is 7.58. The van der Waals surface area contributed by atoms with E-state index < -0.39 is 0 Å². The molecule has 1 N–H and O–H groups in total. The number of carbonyl (C=O) groups excluding carboxylic acids is 1. The first-order valence-corrected chi connectivity index (χ1v) is 12.0. The van der Waals surface area contributed by atoms with Gasteiger partial charge in [0.15, 0.2) is 6.61 Å². The van der Waals surface area contributed by atoms with Crippen molar-refractivity contribution in [3.8, 4) is 5.75 Å². The minimum absolute atomic E-state index is 0.0348. The quantitative estimate of drug-likeness (QED) is 0.513. The molecule has 33 heavy (non-hydrogen) atoms. The SMILES string of the molecule is CN(C)c1nc(CCCC2CCC(NC(=O)COc3ccccc3)CC2)nc2ccccc12. The van der Waals surface area contributed by atoms with Crippen LogP contribution in [0.3, 0.4) is 0 Å². The third-order valence-corrected chi connectivity index (χ3v) is 6.39. The van der Waals surface area contributed by atoms with Crippen molar-refractivity contribution in [2.75, 3.05) is 25.6 Å². The molecule has 0 atom stereocenters. The van der Waals surface area contributed by atoms with Crippen molar-refractivity contribution < 1.29 is 9.53 Å².